The van der Waals surface area contributed by atoms with Gasteiger partial charge in [0.05, 0.1) is 13.2 Å². The van der Waals surface area contributed by atoms with Gasteiger partial charge < -0.3 is 4.74 Å². The zero-order valence-corrected chi connectivity index (χ0v) is 35.2. The molecule has 1 nitrogen and oxygen atoms in total. The molecule has 4 saturated carbocycles. The topological polar surface area (TPSA) is 9.23 Å². The summed E-state index contributed by atoms with van der Waals surface area (Å²) in [5.74, 6) is 7.34. The van der Waals surface area contributed by atoms with Crippen LogP contribution in [0.2, 0.25) is 0 Å². The van der Waals surface area contributed by atoms with Crippen molar-refractivity contribution in [2.75, 3.05) is 13.2 Å². The highest BCUT2D eigenvalue weighted by Crippen LogP contribution is 2.45. The maximum absolute atomic E-state index is 6.64. The molecule has 4 aliphatic carbocycles. The van der Waals surface area contributed by atoms with Crippen LogP contribution in [-0.4, -0.2) is 13.2 Å². The lowest BCUT2D eigenvalue weighted by Gasteiger charge is -2.37. The van der Waals surface area contributed by atoms with E-state index in [-0.39, 0.29) is 0 Å². The molecule has 0 amide bonds. The molecule has 0 heterocycles. The Kier molecular flexibility index (Phi) is 22.2. The Bertz CT molecular complexity index is 823. The smallest absolute Gasteiger partial charge is 0.0654 e. The molecule has 1 heteroatoms. The SMILES string of the molecule is CCCCCCCC1CCC(C(=CCOCC=C(C2CCC(CCC)CC2)C2CCC(CCCCCCC)CC2)C2CCC(CCC)CC2)CC1. The molecule has 0 unspecified atom stereocenters. The molecule has 0 aliphatic heterocycles. The molecular weight excluding hydrogens is 617 g/mol. The molecule has 0 N–H and O–H groups in total. The third kappa shape index (κ3) is 16.0. The van der Waals surface area contributed by atoms with Crippen molar-refractivity contribution in [3.63, 3.8) is 0 Å². The lowest BCUT2D eigenvalue weighted by atomic mass is 9.69. The molecule has 0 radical (unpaired) electrons. The number of hydrogen-bond donors (Lipinski definition) is 0. The summed E-state index contributed by atoms with van der Waals surface area (Å²) in [5.41, 5.74) is 3.69. The van der Waals surface area contributed by atoms with Crippen LogP contribution in [0, 0.1) is 47.3 Å². The van der Waals surface area contributed by atoms with E-state index in [1.165, 1.54) is 205 Å². The summed E-state index contributed by atoms with van der Waals surface area (Å²) >= 11 is 0. The van der Waals surface area contributed by atoms with Crippen LogP contribution >= 0.6 is 0 Å². The first-order valence-electron chi connectivity index (χ1n) is 24.1. The molecule has 4 fully saturated rings. The predicted octanol–water partition coefficient (Wildman–Crippen LogP) is 16.4. The van der Waals surface area contributed by atoms with Crippen molar-refractivity contribution < 1.29 is 4.74 Å². The summed E-state index contributed by atoms with van der Waals surface area (Å²) in [6.45, 7) is 11.1. The van der Waals surface area contributed by atoms with Gasteiger partial charge in [0.25, 0.3) is 0 Å². The van der Waals surface area contributed by atoms with Crippen molar-refractivity contribution in [2.45, 2.75) is 233 Å². The monoisotopic (exact) mass is 707 g/mol. The Morgan fingerprint density at radius 3 is 0.941 bits per heavy atom. The maximum atomic E-state index is 6.64. The predicted molar refractivity (Wildman–Crippen MR) is 225 cm³/mol. The Morgan fingerprint density at radius 2 is 0.647 bits per heavy atom. The van der Waals surface area contributed by atoms with E-state index in [1.54, 1.807) is 0 Å². The Morgan fingerprint density at radius 1 is 0.353 bits per heavy atom. The average molecular weight is 707 g/mol. The van der Waals surface area contributed by atoms with Crippen LogP contribution in [0.25, 0.3) is 0 Å². The maximum Gasteiger partial charge on any atom is 0.0654 e. The number of unbranched alkanes of at least 4 members (excludes halogenated alkanes) is 8. The van der Waals surface area contributed by atoms with Crippen LogP contribution in [0.15, 0.2) is 23.3 Å². The third-order valence-electron chi connectivity index (χ3n) is 15.0. The average Bonchev–Trinajstić information content (AvgIpc) is 3.16. The van der Waals surface area contributed by atoms with Crippen molar-refractivity contribution >= 4 is 0 Å². The minimum absolute atomic E-state index is 0.837. The van der Waals surface area contributed by atoms with E-state index in [4.69, 9.17) is 4.74 Å². The Hall–Kier alpha value is -0.560. The van der Waals surface area contributed by atoms with E-state index in [0.717, 1.165) is 60.6 Å². The van der Waals surface area contributed by atoms with Crippen LogP contribution in [0.4, 0.5) is 0 Å². The molecule has 0 bridgehead atoms. The summed E-state index contributed by atoms with van der Waals surface area (Å²) in [7, 11) is 0. The standard InChI is InChI=1S/C50H90O/c1-5-9-11-13-15-19-43-25-33-47(34-26-43)49(45-29-21-41(17-7-3)22-30-45)37-39-51-40-38-50(46-31-23-42(18-8-4)24-32-46)48-35-27-44(28-36-48)20-16-14-12-10-6-2/h37-38,41-48H,5-36,39-40H2,1-4H3. The second-order valence-electron chi connectivity index (χ2n) is 18.8. The third-order valence-corrected chi connectivity index (χ3v) is 15.0. The second-order valence-corrected chi connectivity index (χ2v) is 18.8. The fourth-order valence-electron chi connectivity index (χ4n) is 11.7. The van der Waals surface area contributed by atoms with E-state index in [0.29, 0.717) is 0 Å². The molecular formula is C50H90O. The summed E-state index contributed by atoms with van der Waals surface area (Å²) in [5, 5.41) is 0. The number of hydrogen-bond acceptors (Lipinski definition) is 1. The molecule has 51 heavy (non-hydrogen) atoms. The van der Waals surface area contributed by atoms with Crippen LogP contribution in [0.3, 0.4) is 0 Å². The van der Waals surface area contributed by atoms with Crippen LogP contribution in [0.5, 0.6) is 0 Å². The van der Waals surface area contributed by atoms with Gasteiger partial charge >= 0.3 is 0 Å². The zero-order valence-electron chi connectivity index (χ0n) is 35.2. The van der Waals surface area contributed by atoms with Gasteiger partial charge in [-0.15, -0.1) is 0 Å². The first kappa shape index (κ1) is 43.2. The molecule has 0 atom stereocenters. The quantitative estimate of drug-likeness (QED) is 0.0717. The lowest BCUT2D eigenvalue weighted by molar-refractivity contribution is 0.184. The van der Waals surface area contributed by atoms with Gasteiger partial charge in [-0.25, -0.2) is 0 Å². The molecule has 0 spiro atoms. The van der Waals surface area contributed by atoms with Crippen molar-refractivity contribution in [3.05, 3.63) is 23.3 Å². The first-order valence-corrected chi connectivity index (χ1v) is 24.1. The highest BCUT2D eigenvalue weighted by atomic mass is 16.5. The molecule has 296 valence electrons. The fourth-order valence-corrected chi connectivity index (χ4v) is 11.7. The highest BCUT2D eigenvalue weighted by Gasteiger charge is 2.32. The normalized spacial score (nSPS) is 31.2. The molecule has 4 rings (SSSR count). The number of ether oxygens (including phenoxy) is 1. The van der Waals surface area contributed by atoms with E-state index in [1.807, 2.05) is 11.1 Å². The Labute approximate surface area is 320 Å². The summed E-state index contributed by atoms with van der Waals surface area (Å²) in [6, 6.07) is 0. The van der Waals surface area contributed by atoms with E-state index in [2.05, 4.69) is 39.8 Å². The van der Waals surface area contributed by atoms with Gasteiger partial charge in [0.2, 0.25) is 0 Å². The highest BCUT2D eigenvalue weighted by molar-refractivity contribution is 5.15. The van der Waals surface area contributed by atoms with E-state index < -0.39 is 0 Å². The molecule has 0 aromatic carbocycles. The first-order chi connectivity index (χ1) is 25.1. The minimum atomic E-state index is 0.837. The van der Waals surface area contributed by atoms with Gasteiger partial charge in [-0.1, -0.05) is 154 Å². The summed E-state index contributed by atoms with van der Waals surface area (Å²) < 4.78 is 6.64. The lowest BCUT2D eigenvalue weighted by Crippen LogP contribution is -2.24. The minimum Gasteiger partial charge on any atom is -0.373 e. The summed E-state index contributed by atoms with van der Waals surface area (Å²) in [4.78, 5) is 0. The van der Waals surface area contributed by atoms with Gasteiger partial charge in [0.1, 0.15) is 0 Å². The van der Waals surface area contributed by atoms with Crippen LogP contribution in [0.1, 0.15) is 233 Å². The van der Waals surface area contributed by atoms with Crippen LogP contribution in [-0.2, 0) is 4.74 Å². The van der Waals surface area contributed by atoms with Gasteiger partial charge in [-0.3, -0.25) is 0 Å². The van der Waals surface area contributed by atoms with Crippen molar-refractivity contribution in [3.8, 4) is 0 Å². The molecule has 0 aromatic heterocycles. The van der Waals surface area contributed by atoms with Gasteiger partial charge in [0, 0.05) is 0 Å². The number of allylic oxidation sites excluding steroid dienone is 2. The zero-order chi connectivity index (χ0) is 35.9. The van der Waals surface area contributed by atoms with Gasteiger partial charge in [-0.2, -0.15) is 0 Å². The molecule has 0 aromatic rings. The van der Waals surface area contributed by atoms with Crippen molar-refractivity contribution in [1.82, 2.24) is 0 Å². The van der Waals surface area contributed by atoms with Crippen molar-refractivity contribution in [1.29, 1.82) is 0 Å². The van der Waals surface area contributed by atoms with Crippen LogP contribution < -0.4 is 0 Å². The van der Waals surface area contributed by atoms with Gasteiger partial charge in [0.15, 0.2) is 0 Å². The van der Waals surface area contributed by atoms with Gasteiger partial charge in [-0.05, 0) is 150 Å². The van der Waals surface area contributed by atoms with E-state index in [9.17, 15) is 0 Å². The summed E-state index contributed by atoms with van der Waals surface area (Å²) in [6.07, 6.45) is 51.7. The molecule has 0 saturated heterocycles. The fraction of sp³-hybridized carbons (Fsp3) is 0.920. The second kappa shape index (κ2) is 26.3. The largest absolute Gasteiger partial charge is 0.373 e. The Balaban J connectivity index is 1.32. The molecule has 4 aliphatic rings. The van der Waals surface area contributed by atoms with E-state index >= 15 is 0 Å². The number of rotatable bonds is 24. The van der Waals surface area contributed by atoms with Crippen molar-refractivity contribution in [2.24, 2.45) is 47.3 Å².